The number of pyridine rings is 1. The molecule has 0 aliphatic carbocycles. The summed E-state index contributed by atoms with van der Waals surface area (Å²) in [5, 5.41) is 3.11. The normalized spacial score (nSPS) is 9.38. The quantitative estimate of drug-likeness (QED) is 0.737. The molecule has 0 aliphatic heterocycles. The predicted molar refractivity (Wildman–Crippen MR) is 52.8 cm³/mol. The second-order valence-corrected chi connectivity index (χ2v) is 2.95. The molecule has 0 aromatic carbocycles. The second-order valence-electron chi connectivity index (χ2n) is 2.51. The summed E-state index contributed by atoms with van der Waals surface area (Å²) in [6, 6.07) is 1.73. The van der Waals surface area contributed by atoms with Crippen LogP contribution in [0, 0.1) is 6.92 Å². The van der Waals surface area contributed by atoms with E-state index in [1.54, 1.807) is 6.07 Å². The molecular formula is C9H9ClN2O. The molecule has 0 radical (unpaired) electrons. The number of anilines is 1. The molecule has 0 saturated heterocycles. The smallest absolute Gasteiger partial charge is 0.248 e. The van der Waals surface area contributed by atoms with Crippen LogP contribution in [-0.4, -0.2) is 10.9 Å². The van der Waals surface area contributed by atoms with Crippen LogP contribution in [0.1, 0.15) is 5.56 Å². The average molecular weight is 197 g/mol. The van der Waals surface area contributed by atoms with Crippen LogP contribution in [0.4, 0.5) is 5.82 Å². The number of carbonyl (C=O) groups excluding carboxylic acids is 1. The maximum absolute atomic E-state index is 10.9. The van der Waals surface area contributed by atoms with Gasteiger partial charge in [-0.25, -0.2) is 4.98 Å². The molecule has 0 bridgehead atoms. The van der Waals surface area contributed by atoms with Crippen LogP contribution in [0.25, 0.3) is 0 Å². The number of hydrogen-bond donors (Lipinski definition) is 1. The maximum Gasteiger partial charge on any atom is 0.248 e. The fourth-order valence-electron chi connectivity index (χ4n) is 0.839. The van der Waals surface area contributed by atoms with Crippen LogP contribution in [0.5, 0.6) is 0 Å². The SMILES string of the molecule is C=CC(=O)Nc1ncc(Cl)cc1C. The van der Waals surface area contributed by atoms with Gasteiger partial charge in [0.15, 0.2) is 0 Å². The Bertz CT molecular complexity index is 349. The van der Waals surface area contributed by atoms with Crippen LogP contribution >= 0.6 is 11.6 Å². The summed E-state index contributed by atoms with van der Waals surface area (Å²) in [4.78, 5) is 14.9. The van der Waals surface area contributed by atoms with Crippen LogP contribution < -0.4 is 5.32 Å². The minimum absolute atomic E-state index is 0.280. The first-order valence-electron chi connectivity index (χ1n) is 3.69. The highest BCUT2D eigenvalue weighted by molar-refractivity contribution is 6.30. The molecule has 13 heavy (non-hydrogen) atoms. The van der Waals surface area contributed by atoms with E-state index in [1.807, 2.05) is 6.92 Å². The van der Waals surface area contributed by atoms with Gasteiger partial charge in [0.05, 0.1) is 5.02 Å². The van der Waals surface area contributed by atoms with Crippen molar-refractivity contribution in [2.75, 3.05) is 5.32 Å². The minimum Gasteiger partial charge on any atom is -0.307 e. The molecule has 1 heterocycles. The third-order valence-corrected chi connectivity index (χ3v) is 1.68. The molecule has 1 rings (SSSR count). The third-order valence-electron chi connectivity index (χ3n) is 1.47. The zero-order valence-corrected chi connectivity index (χ0v) is 7.93. The average Bonchev–Trinajstić information content (AvgIpc) is 2.09. The lowest BCUT2D eigenvalue weighted by atomic mass is 10.3. The monoisotopic (exact) mass is 196 g/mol. The largest absolute Gasteiger partial charge is 0.307 e. The van der Waals surface area contributed by atoms with Gasteiger partial charge in [-0.2, -0.15) is 0 Å². The molecule has 0 aliphatic rings. The molecule has 0 unspecified atom stereocenters. The van der Waals surface area contributed by atoms with Gasteiger partial charge in [-0.1, -0.05) is 18.2 Å². The van der Waals surface area contributed by atoms with Crippen LogP contribution in [0.2, 0.25) is 5.02 Å². The van der Waals surface area contributed by atoms with E-state index in [-0.39, 0.29) is 5.91 Å². The number of nitrogens with one attached hydrogen (secondary N) is 1. The van der Waals surface area contributed by atoms with Gasteiger partial charge in [-0.3, -0.25) is 4.79 Å². The Morgan fingerprint density at radius 1 is 1.77 bits per heavy atom. The summed E-state index contributed by atoms with van der Waals surface area (Å²) < 4.78 is 0. The predicted octanol–water partition coefficient (Wildman–Crippen LogP) is 2.17. The molecule has 0 saturated carbocycles. The van der Waals surface area contributed by atoms with E-state index in [0.29, 0.717) is 10.8 Å². The van der Waals surface area contributed by atoms with Gasteiger partial charge >= 0.3 is 0 Å². The van der Waals surface area contributed by atoms with E-state index in [9.17, 15) is 4.79 Å². The number of rotatable bonds is 2. The Hall–Kier alpha value is -1.35. The minimum atomic E-state index is -0.280. The van der Waals surface area contributed by atoms with Gasteiger partial charge in [-0.05, 0) is 24.6 Å². The van der Waals surface area contributed by atoms with E-state index >= 15 is 0 Å². The van der Waals surface area contributed by atoms with Gasteiger partial charge in [0, 0.05) is 6.20 Å². The number of amides is 1. The Morgan fingerprint density at radius 3 is 3.00 bits per heavy atom. The molecular weight excluding hydrogens is 188 g/mol. The number of nitrogens with zero attached hydrogens (tertiary/aromatic N) is 1. The van der Waals surface area contributed by atoms with E-state index in [0.717, 1.165) is 5.56 Å². The highest BCUT2D eigenvalue weighted by atomic mass is 35.5. The molecule has 68 valence electrons. The van der Waals surface area contributed by atoms with Gasteiger partial charge in [0.25, 0.3) is 0 Å². The Morgan fingerprint density at radius 2 is 2.46 bits per heavy atom. The Kier molecular flexibility index (Phi) is 3.03. The van der Waals surface area contributed by atoms with Crippen molar-refractivity contribution in [1.29, 1.82) is 0 Å². The summed E-state index contributed by atoms with van der Waals surface area (Å²) in [6.45, 7) is 5.16. The molecule has 1 aromatic rings. The van der Waals surface area contributed by atoms with Crippen molar-refractivity contribution < 1.29 is 4.79 Å². The van der Waals surface area contributed by atoms with Crippen LogP contribution in [-0.2, 0) is 4.79 Å². The first kappa shape index (κ1) is 9.74. The number of aromatic nitrogens is 1. The second kappa shape index (κ2) is 4.05. The molecule has 1 aromatic heterocycles. The van der Waals surface area contributed by atoms with Crippen molar-refractivity contribution in [1.82, 2.24) is 4.98 Å². The van der Waals surface area contributed by atoms with Crippen LogP contribution in [0.15, 0.2) is 24.9 Å². The number of carbonyl (C=O) groups is 1. The lowest BCUT2D eigenvalue weighted by Gasteiger charge is -2.04. The number of halogens is 1. The molecule has 3 nitrogen and oxygen atoms in total. The molecule has 1 N–H and O–H groups in total. The zero-order valence-electron chi connectivity index (χ0n) is 7.17. The maximum atomic E-state index is 10.9. The Balaban J connectivity index is 2.89. The topological polar surface area (TPSA) is 42.0 Å². The standard InChI is InChI=1S/C9H9ClN2O/c1-3-8(13)12-9-6(2)4-7(10)5-11-9/h3-5H,1H2,2H3,(H,11,12,13). The highest BCUT2D eigenvalue weighted by Crippen LogP contribution is 2.15. The van der Waals surface area contributed by atoms with Gasteiger partial charge in [0.1, 0.15) is 5.82 Å². The fraction of sp³-hybridized carbons (Fsp3) is 0.111. The van der Waals surface area contributed by atoms with Gasteiger partial charge in [0.2, 0.25) is 5.91 Å². The van der Waals surface area contributed by atoms with Crippen molar-refractivity contribution in [2.24, 2.45) is 0 Å². The highest BCUT2D eigenvalue weighted by Gasteiger charge is 2.02. The van der Waals surface area contributed by atoms with Crippen molar-refractivity contribution >= 4 is 23.3 Å². The van der Waals surface area contributed by atoms with Crippen molar-refractivity contribution in [3.63, 3.8) is 0 Å². The number of aryl methyl sites for hydroxylation is 1. The van der Waals surface area contributed by atoms with Crippen molar-refractivity contribution in [3.05, 3.63) is 35.5 Å². The zero-order chi connectivity index (χ0) is 9.84. The number of hydrogen-bond acceptors (Lipinski definition) is 2. The van der Waals surface area contributed by atoms with Gasteiger partial charge in [-0.15, -0.1) is 0 Å². The molecule has 4 heteroatoms. The molecule has 1 amide bonds. The first-order chi connectivity index (χ1) is 6.13. The molecule has 0 atom stereocenters. The van der Waals surface area contributed by atoms with E-state index in [4.69, 9.17) is 11.6 Å². The summed E-state index contributed by atoms with van der Waals surface area (Å²) >= 11 is 5.69. The summed E-state index contributed by atoms with van der Waals surface area (Å²) in [7, 11) is 0. The Labute approximate surface area is 81.4 Å². The third kappa shape index (κ3) is 2.56. The summed E-state index contributed by atoms with van der Waals surface area (Å²) in [5.41, 5.74) is 0.822. The van der Waals surface area contributed by atoms with E-state index < -0.39 is 0 Å². The lowest BCUT2D eigenvalue weighted by Crippen LogP contribution is -2.09. The molecule has 0 spiro atoms. The fourth-order valence-corrected chi connectivity index (χ4v) is 1.05. The summed E-state index contributed by atoms with van der Waals surface area (Å²) in [5.74, 6) is 0.229. The lowest BCUT2D eigenvalue weighted by molar-refractivity contribution is -0.111. The van der Waals surface area contributed by atoms with E-state index in [1.165, 1.54) is 12.3 Å². The van der Waals surface area contributed by atoms with Gasteiger partial charge < -0.3 is 5.32 Å². The summed E-state index contributed by atoms with van der Waals surface area (Å²) in [6.07, 6.45) is 2.67. The van der Waals surface area contributed by atoms with E-state index in [2.05, 4.69) is 16.9 Å². The van der Waals surface area contributed by atoms with Crippen LogP contribution in [0.3, 0.4) is 0 Å². The first-order valence-corrected chi connectivity index (χ1v) is 4.07. The van der Waals surface area contributed by atoms with Crippen molar-refractivity contribution in [2.45, 2.75) is 6.92 Å². The van der Waals surface area contributed by atoms with Crippen molar-refractivity contribution in [3.8, 4) is 0 Å². The molecule has 0 fully saturated rings.